The van der Waals surface area contributed by atoms with Crippen LogP contribution in [0, 0.1) is 6.92 Å². The van der Waals surface area contributed by atoms with Crippen molar-refractivity contribution in [1.29, 1.82) is 0 Å². The van der Waals surface area contributed by atoms with Crippen molar-refractivity contribution >= 4 is 5.82 Å². The largest absolute Gasteiger partial charge is 0.493 e. The van der Waals surface area contributed by atoms with Crippen LogP contribution in [0.1, 0.15) is 24.2 Å². The number of pyridine rings is 1. The summed E-state index contributed by atoms with van der Waals surface area (Å²) >= 11 is 0. The zero-order valence-corrected chi connectivity index (χ0v) is 13.2. The van der Waals surface area contributed by atoms with Crippen LogP contribution in [-0.4, -0.2) is 30.4 Å². The molecule has 2 aromatic rings. The Balaban J connectivity index is 2.13. The smallest absolute Gasteiger partial charge is 0.161 e. The summed E-state index contributed by atoms with van der Waals surface area (Å²) in [7, 11) is 1.60. The molecular weight excluding hydrogens is 280 g/mol. The lowest BCUT2D eigenvalue weighted by molar-refractivity contribution is 0.196. The molecule has 0 saturated carbocycles. The van der Waals surface area contributed by atoms with E-state index in [1.54, 1.807) is 7.11 Å². The normalized spacial score (nSPS) is 11.8. The van der Waals surface area contributed by atoms with Crippen LogP contribution in [0.4, 0.5) is 5.82 Å². The first-order valence-electron chi connectivity index (χ1n) is 7.26. The Morgan fingerprint density at radius 1 is 1.23 bits per heavy atom. The van der Waals surface area contributed by atoms with Gasteiger partial charge in [0.05, 0.1) is 19.8 Å². The number of aryl methyl sites for hydroxylation is 1. The molecule has 1 unspecified atom stereocenters. The van der Waals surface area contributed by atoms with Crippen molar-refractivity contribution in [2.75, 3.05) is 25.6 Å². The highest BCUT2D eigenvalue weighted by molar-refractivity contribution is 5.46. The van der Waals surface area contributed by atoms with Crippen LogP contribution < -0.4 is 14.8 Å². The summed E-state index contributed by atoms with van der Waals surface area (Å²) in [6.07, 6.45) is 0. The van der Waals surface area contributed by atoms with E-state index >= 15 is 0 Å². The Kier molecular flexibility index (Phi) is 5.61. The van der Waals surface area contributed by atoms with E-state index in [4.69, 9.17) is 14.6 Å². The first-order chi connectivity index (χ1) is 10.6. The van der Waals surface area contributed by atoms with Crippen molar-refractivity contribution < 1.29 is 14.6 Å². The van der Waals surface area contributed by atoms with Gasteiger partial charge in [0.15, 0.2) is 11.5 Å². The van der Waals surface area contributed by atoms with Gasteiger partial charge in [-0.1, -0.05) is 12.1 Å². The molecule has 0 fully saturated rings. The zero-order chi connectivity index (χ0) is 15.9. The average Bonchev–Trinajstić information content (AvgIpc) is 2.52. The van der Waals surface area contributed by atoms with E-state index < -0.39 is 0 Å². The van der Waals surface area contributed by atoms with E-state index in [0.717, 1.165) is 17.1 Å². The lowest BCUT2D eigenvalue weighted by Gasteiger charge is -2.17. The highest BCUT2D eigenvalue weighted by Crippen LogP contribution is 2.31. The molecule has 0 aliphatic carbocycles. The molecule has 2 rings (SSSR count). The minimum atomic E-state index is -0.0259. The first kappa shape index (κ1) is 16.1. The van der Waals surface area contributed by atoms with Crippen LogP contribution in [0.25, 0.3) is 0 Å². The van der Waals surface area contributed by atoms with Gasteiger partial charge in [0.1, 0.15) is 12.4 Å². The van der Waals surface area contributed by atoms with Gasteiger partial charge in [0.25, 0.3) is 0 Å². The number of nitrogens with zero attached hydrogens (tertiary/aromatic N) is 1. The van der Waals surface area contributed by atoms with E-state index in [9.17, 15) is 0 Å². The molecule has 0 radical (unpaired) electrons. The summed E-state index contributed by atoms with van der Waals surface area (Å²) in [5.74, 6) is 2.12. The van der Waals surface area contributed by atoms with Gasteiger partial charge < -0.3 is 19.9 Å². The molecule has 0 aliphatic heterocycles. The van der Waals surface area contributed by atoms with Crippen LogP contribution in [0.3, 0.4) is 0 Å². The van der Waals surface area contributed by atoms with E-state index in [-0.39, 0.29) is 19.3 Å². The summed E-state index contributed by atoms with van der Waals surface area (Å²) < 4.78 is 10.8. The molecule has 1 aromatic heterocycles. The fourth-order valence-electron chi connectivity index (χ4n) is 2.16. The molecular formula is C17H22N2O3. The fourth-order valence-corrected chi connectivity index (χ4v) is 2.16. The van der Waals surface area contributed by atoms with Crippen LogP contribution in [0.5, 0.6) is 11.5 Å². The molecule has 0 saturated heterocycles. The Bertz CT molecular complexity index is 617. The maximum atomic E-state index is 8.84. The second-order valence-corrected chi connectivity index (χ2v) is 5.01. The van der Waals surface area contributed by atoms with Gasteiger partial charge in [-0.25, -0.2) is 4.98 Å². The van der Waals surface area contributed by atoms with E-state index in [1.165, 1.54) is 0 Å². The average molecular weight is 302 g/mol. The molecule has 22 heavy (non-hydrogen) atoms. The Labute approximate surface area is 130 Å². The molecule has 118 valence electrons. The predicted molar refractivity (Wildman–Crippen MR) is 86.6 cm³/mol. The summed E-state index contributed by atoms with van der Waals surface area (Å²) in [6, 6.07) is 11.7. The van der Waals surface area contributed by atoms with Crippen LogP contribution in [-0.2, 0) is 0 Å². The molecule has 0 aliphatic rings. The molecule has 0 amide bonds. The van der Waals surface area contributed by atoms with Crippen molar-refractivity contribution in [2.24, 2.45) is 0 Å². The van der Waals surface area contributed by atoms with Crippen molar-refractivity contribution in [3.63, 3.8) is 0 Å². The van der Waals surface area contributed by atoms with Crippen molar-refractivity contribution in [2.45, 2.75) is 19.9 Å². The number of anilines is 1. The van der Waals surface area contributed by atoms with Crippen LogP contribution in [0.2, 0.25) is 0 Å². The fraction of sp³-hybridized carbons (Fsp3) is 0.353. The minimum absolute atomic E-state index is 0.0259. The highest BCUT2D eigenvalue weighted by atomic mass is 16.5. The van der Waals surface area contributed by atoms with Crippen molar-refractivity contribution in [3.8, 4) is 11.5 Å². The Morgan fingerprint density at radius 2 is 2.05 bits per heavy atom. The van der Waals surface area contributed by atoms with E-state index in [2.05, 4.69) is 17.2 Å². The Morgan fingerprint density at radius 3 is 2.73 bits per heavy atom. The number of aromatic nitrogens is 1. The van der Waals surface area contributed by atoms with Gasteiger partial charge in [-0.15, -0.1) is 0 Å². The molecule has 2 N–H and O–H groups in total. The topological polar surface area (TPSA) is 63.6 Å². The second-order valence-electron chi connectivity index (χ2n) is 5.01. The van der Waals surface area contributed by atoms with E-state index in [0.29, 0.717) is 11.5 Å². The van der Waals surface area contributed by atoms with Crippen LogP contribution in [0.15, 0.2) is 36.4 Å². The number of ether oxygens (including phenoxy) is 2. The predicted octanol–water partition coefficient (Wildman–Crippen LogP) is 2.94. The third kappa shape index (κ3) is 4.11. The lowest BCUT2D eigenvalue weighted by atomic mass is 10.1. The quantitative estimate of drug-likeness (QED) is 0.823. The SMILES string of the molecule is COc1cc(C(C)Nc2cccc(C)n2)ccc1OCCO. The minimum Gasteiger partial charge on any atom is -0.493 e. The molecule has 1 aromatic carbocycles. The van der Waals surface area contributed by atoms with Gasteiger partial charge in [-0.2, -0.15) is 0 Å². The van der Waals surface area contributed by atoms with Gasteiger partial charge in [0, 0.05) is 5.69 Å². The van der Waals surface area contributed by atoms with Gasteiger partial charge in [-0.05, 0) is 43.7 Å². The first-order valence-corrected chi connectivity index (χ1v) is 7.26. The number of aliphatic hydroxyl groups is 1. The molecule has 1 atom stereocenters. The maximum Gasteiger partial charge on any atom is 0.161 e. The van der Waals surface area contributed by atoms with Gasteiger partial charge >= 0.3 is 0 Å². The summed E-state index contributed by atoms with van der Waals surface area (Å²) in [5, 5.41) is 12.2. The second kappa shape index (κ2) is 7.66. The molecule has 5 heteroatoms. The third-order valence-corrected chi connectivity index (χ3v) is 3.29. The van der Waals surface area contributed by atoms with E-state index in [1.807, 2.05) is 43.3 Å². The standard InChI is InChI=1S/C17H22N2O3/c1-12-5-4-6-17(18-12)19-13(2)14-7-8-15(22-10-9-20)16(11-14)21-3/h4-8,11,13,20H,9-10H2,1-3H3,(H,18,19). The monoisotopic (exact) mass is 302 g/mol. The number of methoxy groups -OCH3 is 1. The van der Waals surface area contributed by atoms with Gasteiger partial charge in [0.2, 0.25) is 0 Å². The molecule has 0 spiro atoms. The van der Waals surface area contributed by atoms with Crippen molar-refractivity contribution in [1.82, 2.24) is 4.98 Å². The van der Waals surface area contributed by atoms with Crippen LogP contribution >= 0.6 is 0 Å². The highest BCUT2D eigenvalue weighted by Gasteiger charge is 2.11. The Hall–Kier alpha value is -2.27. The number of hydrogen-bond acceptors (Lipinski definition) is 5. The lowest BCUT2D eigenvalue weighted by Crippen LogP contribution is -2.09. The number of nitrogens with one attached hydrogen (secondary N) is 1. The number of benzene rings is 1. The molecule has 5 nitrogen and oxygen atoms in total. The molecule has 0 bridgehead atoms. The molecule has 1 heterocycles. The number of aliphatic hydroxyl groups excluding tert-OH is 1. The van der Waals surface area contributed by atoms with Gasteiger partial charge in [-0.3, -0.25) is 0 Å². The third-order valence-electron chi connectivity index (χ3n) is 3.29. The zero-order valence-electron chi connectivity index (χ0n) is 13.2. The summed E-state index contributed by atoms with van der Waals surface area (Å²) in [4.78, 5) is 4.44. The maximum absolute atomic E-state index is 8.84. The number of rotatable bonds is 7. The summed E-state index contributed by atoms with van der Waals surface area (Å²) in [6.45, 7) is 4.25. The van der Waals surface area contributed by atoms with Crippen molar-refractivity contribution in [3.05, 3.63) is 47.7 Å². The summed E-state index contributed by atoms with van der Waals surface area (Å²) in [5.41, 5.74) is 2.04. The number of hydrogen-bond donors (Lipinski definition) is 2.